The zero-order chi connectivity index (χ0) is 22.0. The van der Waals surface area contributed by atoms with Crippen LogP contribution in [0.25, 0.3) is 0 Å². The summed E-state index contributed by atoms with van der Waals surface area (Å²) in [5.74, 6) is 1.07. The van der Waals surface area contributed by atoms with Crippen molar-refractivity contribution < 1.29 is 19.0 Å². The first-order valence-corrected chi connectivity index (χ1v) is 10.8. The van der Waals surface area contributed by atoms with Crippen LogP contribution in [0.15, 0.2) is 36.4 Å². The molecule has 0 aromatic heterocycles. The second-order valence-corrected chi connectivity index (χ2v) is 8.49. The fraction of sp³-hybridized carbons (Fsp3) is 0.435. The summed E-state index contributed by atoms with van der Waals surface area (Å²) in [5.41, 5.74) is 7.85. The minimum Gasteiger partial charge on any atom is -0.497 e. The number of ether oxygens (including phenoxy) is 3. The zero-order valence-corrected chi connectivity index (χ0v) is 18.5. The molecule has 8 heteroatoms. The number of carbonyl (C=O) groups excluding carboxylic acids is 1. The third-order valence-corrected chi connectivity index (χ3v) is 6.42. The van der Waals surface area contributed by atoms with E-state index in [1.54, 1.807) is 19.2 Å². The Hall–Kier alpha value is -2.48. The van der Waals surface area contributed by atoms with Crippen LogP contribution in [0.3, 0.4) is 0 Å². The van der Waals surface area contributed by atoms with Crippen molar-refractivity contribution in [3.8, 4) is 11.5 Å². The Morgan fingerprint density at radius 2 is 1.84 bits per heavy atom. The Morgan fingerprint density at radius 3 is 2.45 bits per heavy atom. The molecule has 166 valence electrons. The molecule has 31 heavy (non-hydrogen) atoms. The number of hydrogen-bond donors (Lipinski definition) is 2. The quantitative estimate of drug-likeness (QED) is 0.664. The summed E-state index contributed by atoms with van der Waals surface area (Å²) in [6.45, 7) is 2.18. The molecule has 0 saturated carbocycles. The molecule has 7 nitrogen and oxygen atoms in total. The number of methoxy groups -OCH3 is 2. The van der Waals surface area contributed by atoms with Crippen molar-refractivity contribution in [3.05, 3.63) is 52.5 Å². The van der Waals surface area contributed by atoms with E-state index in [4.69, 9.17) is 31.5 Å². The monoisotopic (exact) mass is 445 g/mol. The van der Waals surface area contributed by atoms with Crippen LogP contribution < -0.4 is 20.5 Å². The number of nitrogen functional groups attached to an aromatic ring is 1. The molecule has 0 unspecified atom stereocenters. The standard InChI is InChI=1S/C23H28ClN3O4/c1-29-18-5-3-14(4-6-18)11-27-16-7-15(8-17(27)13-31-12-16)26-23(28)19-9-20(24)21(25)10-22(19)30-2/h3-6,9-10,15-17H,7-8,11-13,25H2,1-2H3,(H,26,28)/t15-,16-,17+. The number of hydrogen-bond acceptors (Lipinski definition) is 6. The average Bonchev–Trinajstić information content (AvgIpc) is 2.76. The Labute approximate surface area is 187 Å². The van der Waals surface area contributed by atoms with Crippen molar-refractivity contribution in [2.45, 2.75) is 37.5 Å². The van der Waals surface area contributed by atoms with Crippen molar-refractivity contribution in [2.24, 2.45) is 0 Å². The second kappa shape index (κ2) is 9.34. The molecule has 0 aliphatic carbocycles. The number of nitrogens with one attached hydrogen (secondary N) is 1. The van der Waals surface area contributed by atoms with Gasteiger partial charge in [-0.3, -0.25) is 9.69 Å². The molecule has 2 heterocycles. The molecule has 2 aliphatic heterocycles. The third-order valence-electron chi connectivity index (χ3n) is 6.09. The van der Waals surface area contributed by atoms with Crippen LogP contribution in [0.4, 0.5) is 5.69 Å². The van der Waals surface area contributed by atoms with Gasteiger partial charge in [0.15, 0.2) is 0 Å². The Morgan fingerprint density at radius 1 is 1.16 bits per heavy atom. The number of amides is 1. The molecular formula is C23H28ClN3O4. The first kappa shape index (κ1) is 21.7. The predicted octanol–water partition coefficient (Wildman–Crippen LogP) is 3.10. The van der Waals surface area contributed by atoms with Gasteiger partial charge in [0.25, 0.3) is 5.91 Å². The molecule has 1 amide bonds. The van der Waals surface area contributed by atoms with E-state index in [-0.39, 0.29) is 24.0 Å². The van der Waals surface area contributed by atoms with E-state index >= 15 is 0 Å². The molecule has 0 radical (unpaired) electrons. The summed E-state index contributed by atoms with van der Waals surface area (Å²) in [6, 6.07) is 11.9. The topological polar surface area (TPSA) is 86.1 Å². The molecule has 3 N–H and O–H groups in total. The Bertz CT molecular complexity index is 923. The first-order valence-electron chi connectivity index (χ1n) is 10.4. The number of morpholine rings is 1. The lowest BCUT2D eigenvalue weighted by atomic mass is 9.89. The highest BCUT2D eigenvalue weighted by molar-refractivity contribution is 6.33. The van der Waals surface area contributed by atoms with Gasteiger partial charge in [-0.25, -0.2) is 0 Å². The normalized spacial score (nSPS) is 23.3. The number of benzene rings is 2. The molecule has 2 saturated heterocycles. The van der Waals surface area contributed by atoms with Gasteiger partial charge in [-0.05, 0) is 36.6 Å². The van der Waals surface area contributed by atoms with E-state index in [2.05, 4.69) is 22.3 Å². The maximum Gasteiger partial charge on any atom is 0.255 e. The van der Waals surface area contributed by atoms with Gasteiger partial charge in [-0.15, -0.1) is 0 Å². The summed E-state index contributed by atoms with van der Waals surface area (Å²) in [6.07, 6.45) is 1.65. The first-order chi connectivity index (χ1) is 15.0. The van der Waals surface area contributed by atoms with E-state index in [0.29, 0.717) is 35.2 Å². The third kappa shape index (κ3) is 4.74. The Kier molecular flexibility index (Phi) is 6.55. The minimum absolute atomic E-state index is 0.0551. The molecule has 0 spiro atoms. The molecule has 3 atom stereocenters. The molecule has 2 aromatic carbocycles. The number of halogens is 1. The number of anilines is 1. The molecule has 2 aromatic rings. The van der Waals surface area contributed by atoms with Gasteiger partial charge < -0.3 is 25.3 Å². The molecule has 4 rings (SSSR count). The van der Waals surface area contributed by atoms with E-state index in [1.807, 2.05) is 12.1 Å². The van der Waals surface area contributed by atoms with Crippen LogP contribution in [0.2, 0.25) is 5.02 Å². The van der Waals surface area contributed by atoms with Crippen molar-refractivity contribution in [1.82, 2.24) is 10.2 Å². The smallest absolute Gasteiger partial charge is 0.255 e. The van der Waals surface area contributed by atoms with Crippen molar-refractivity contribution in [2.75, 3.05) is 33.2 Å². The van der Waals surface area contributed by atoms with E-state index in [1.165, 1.54) is 12.7 Å². The largest absolute Gasteiger partial charge is 0.497 e. The number of fused-ring (bicyclic) bond motifs is 2. The van der Waals surface area contributed by atoms with Crippen molar-refractivity contribution in [1.29, 1.82) is 0 Å². The van der Waals surface area contributed by atoms with Gasteiger partial charge >= 0.3 is 0 Å². The number of nitrogens with zero attached hydrogens (tertiary/aromatic N) is 1. The highest BCUT2D eigenvalue weighted by atomic mass is 35.5. The maximum atomic E-state index is 13.0. The number of piperidine rings is 1. The highest BCUT2D eigenvalue weighted by Gasteiger charge is 2.39. The second-order valence-electron chi connectivity index (χ2n) is 8.08. The fourth-order valence-corrected chi connectivity index (χ4v) is 4.65. The summed E-state index contributed by atoms with van der Waals surface area (Å²) in [5, 5.41) is 3.51. The molecular weight excluding hydrogens is 418 g/mol. The number of carbonyl (C=O) groups is 1. The van der Waals surface area contributed by atoms with Crippen LogP contribution in [-0.4, -0.2) is 56.4 Å². The summed E-state index contributed by atoms with van der Waals surface area (Å²) >= 11 is 6.13. The van der Waals surface area contributed by atoms with Gasteiger partial charge in [0.2, 0.25) is 0 Å². The van der Waals surface area contributed by atoms with Crippen LogP contribution in [0, 0.1) is 0 Å². The van der Waals surface area contributed by atoms with Crippen molar-refractivity contribution >= 4 is 23.2 Å². The van der Waals surface area contributed by atoms with Gasteiger partial charge in [0.05, 0.1) is 43.7 Å². The lowest BCUT2D eigenvalue weighted by Gasteiger charge is -2.48. The molecule has 2 aliphatic rings. The van der Waals surface area contributed by atoms with E-state index < -0.39 is 0 Å². The lowest BCUT2D eigenvalue weighted by Crippen LogP contribution is -2.60. The molecule has 2 bridgehead atoms. The van der Waals surface area contributed by atoms with Gasteiger partial charge in [0.1, 0.15) is 11.5 Å². The number of rotatable bonds is 6. The summed E-state index contributed by atoms with van der Waals surface area (Å²) in [7, 11) is 3.18. The highest BCUT2D eigenvalue weighted by Crippen LogP contribution is 2.32. The average molecular weight is 446 g/mol. The zero-order valence-electron chi connectivity index (χ0n) is 17.8. The van der Waals surface area contributed by atoms with Crippen LogP contribution in [0.5, 0.6) is 11.5 Å². The lowest BCUT2D eigenvalue weighted by molar-refractivity contribution is -0.0843. The minimum atomic E-state index is -0.202. The van der Waals surface area contributed by atoms with Crippen LogP contribution in [0.1, 0.15) is 28.8 Å². The predicted molar refractivity (Wildman–Crippen MR) is 120 cm³/mol. The summed E-state index contributed by atoms with van der Waals surface area (Å²) in [4.78, 5) is 15.5. The van der Waals surface area contributed by atoms with E-state index in [0.717, 1.165) is 25.1 Å². The van der Waals surface area contributed by atoms with Gasteiger partial charge in [0, 0.05) is 30.7 Å². The van der Waals surface area contributed by atoms with Crippen LogP contribution >= 0.6 is 11.6 Å². The maximum absolute atomic E-state index is 13.0. The summed E-state index contributed by atoms with van der Waals surface area (Å²) < 4.78 is 16.4. The fourth-order valence-electron chi connectivity index (χ4n) is 4.49. The SMILES string of the molecule is COc1ccc(CN2[C@@H]3COC[C@H]2C[C@@H](NC(=O)c2cc(Cl)c(N)cc2OC)C3)cc1. The Balaban J connectivity index is 1.44. The van der Waals surface area contributed by atoms with E-state index in [9.17, 15) is 4.79 Å². The van der Waals surface area contributed by atoms with Crippen molar-refractivity contribution in [3.63, 3.8) is 0 Å². The van der Waals surface area contributed by atoms with Gasteiger partial charge in [-0.1, -0.05) is 23.7 Å². The van der Waals surface area contributed by atoms with Gasteiger partial charge in [-0.2, -0.15) is 0 Å². The molecule has 2 fully saturated rings. The number of nitrogens with two attached hydrogens (primary N) is 1. The van der Waals surface area contributed by atoms with Crippen LogP contribution in [-0.2, 0) is 11.3 Å².